The molecule has 620 valence electrons. The van der Waals surface area contributed by atoms with Crippen molar-refractivity contribution in [1.82, 2.24) is 13.5 Å². The highest BCUT2D eigenvalue weighted by Crippen LogP contribution is 2.49. The minimum absolute atomic E-state index is 0.147. The van der Waals surface area contributed by atoms with Gasteiger partial charge in [0, 0.05) is 122 Å². The van der Waals surface area contributed by atoms with Crippen LogP contribution in [-0.2, 0) is 5.41 Å². The van der Waals surface area contributed by atoms with Gasteiger partial charge in [0.2, 0.25) is 0 Å². The maximum absolute atomic E-state index is 6.26. The van der Waals surface area contributed by atoms with Gasteiger partial charge in [0.05, 0.1) is 38.6 Å². The summed E-state index contributed by atoms with van der Waals surface area (Å²) in [5, 5.41) is 16.1. The van der Waals surface area contributed by atoms with Gasteiger partial charge in [0.15, 0.2) is 0 Å². The van der Waals surface area contributed by atoms with Gasteiger partial charge in [-0.25, -0.2) is 0 Å². The molecule has 0 spiro atoms. The predicted octanol–water partition coefficient (Wildman–Crippen LogP) is 34.0. The van der Waals surface area contributed by atoms with Crippen LogP contribution in [0.5, 0.6) is 0 Å². The van der Waals surface area contributed by atoms with Crippen LogP contribution in [0.4, 0.5) is 34.1 Å². The second-order valence-electron chi connectivity index (χ2n) is 35.2. The van der Waals surface area contributed by atoms with Crippen molar-refractivity contribution in [1.29, 1.82) is 0 Å². The Kier molecular flexibility index (Phi) is 19.4. The van der Waals surface area contributed by atoms with Crippen molar-refractivity contribution in [3.63, 3.8) is 0 Å². The standard InChI is InChI=1S/C63H53N3.C60H39N3O/c1-7-45(46-33-38-61-56(40-46)55-24-16-23-54-53-22-11-15-28-60(53)66(61)62(54)55)18-17-39-64(44(4)31-29-42(2)43(3)30-32-47-41-63(5,6)57-25-12-8-19-50(47)57)48-34-36-49(37-35-48)65-58-26-13-9-20-51(58)52-21-10-14-27-59(52)65;1-5-16-55-49(12-1)43-10-9-11-44(36-43)54-37-41(25-35-56(54)61-55)39-20-26-45(27-21-39)62(46-28-22-40(23-29-46)42-24-34-53-52-15-4-8-19-59(52)64-60(53)38-42)47-30-32-48(33-31-47)63-57-17-6-2-13-50(57)51-14-3-7-18-58(51)63/h7-40H,1,41H2,2-6H3;1-38,61H/b39-17+,42-29+,43-30+,44-31+,45-18+,47-32+;. The fraction of sp³-hybridized carbons (Fsp3) is 0.0569. The van der Waals surface area contributed by atoms with E-state index in [0.29, 0.717) is 0 Å². The molecule has 0 saturated carbocycles. The number of rotatable bonds is 16. The molecule has 24 rings (SSSR count). The summed E-state index contributed by atoms with van der Waals surface area (Å²) in [5.41, 5.74) is 38.6. The number of nitrogens with one attached hydrogen (secondary N) is 1. The second-order valence-corrected chi connectivity index (χ2v) is 35.2. The molecule has 6 heterocycles. The van der Waals surface area contributed by atoms with Crippen LogP contribution in [0.2, 0.25) is 0 Å². The third-order valence-electron chi connectivity index (χ3n) is 26.9. The highest BCUT2D eigenvalue weighted by Gasteiger charge is 2.33. The molecule has 1 aliphatic carbocycles. The third-order valence-corrected chi connectivity index (χ3v) is 26.9. The van der Waals surface area contributed by atoms with Crippen molar-refractivity contribution >= 4 is 149 Å². The van der Waals surface area contributed by atoms with Crippen molar-refractivity contribution in [2.45, 2.75) is 46.5 Å². The zero-order valence-electron chi connectivity index (χ0n) is 73.1. The van der Waals surface area contributed by atoms with Crippen LogP contribution in [0.3, 0.4) is 0 Å². The van der Waals surface area contributed by atoms with Crippen molar-refractivity contribution in [2.75, 3.05) is 15.1 Å². The molecule has 7 heteroatoms. The van der Waals surface area contributed by atoms with E-state index in [1.807, 2.05) is 18.2 Å². The van der Waals surface area contributed by atoms with Crippen molar-refractivity contribution in [3.8, 4) is 55.9 Å². The zero-order valence-corrected chi connectivity index (χ0v) is 73.1. The minimum Gasteiger partial charge on any atom is -0.456 e. The Bertz CT molecular complexity index is 8370. The number of anilines is 6. The lowest BCUT2D eigenvalue weighted by molar-refractivity contribution is 0.563. The predicted molar refractivity (Wildman–Crippen MR) is 553 cm³/mol. The molecule has 2 bridgehead atoms. The third kappa shape index (κ3) is 13.7. The van der Waals surface area contributed by atoms with Gasteiger partial charge in [-0.3, -0.25) is 0 Å². The molecule has 0 unspecified atom stereocenters. The first-order chi connectivity index (χ1) is 63.9. The summed E-state index contributed by atoms with van der Waals surface area (Å²) in [4.78, 5) is 4.62. The van der Waals surface area contributed by atoms with Gasteiger partial charge in [0.1, 0.15) is 11.2 Å². The Morgan fingerprint density at radius 2 is 0.823 bits per heavy atom. The summed E-state index contributed by atoms with van der Waals surface area (Å²) >= 11 is 0. The van der Waals surface area contributed by atoms with Crippen LogP contribution in [0.1, 0.15) is 57.7 Å². The fourth-order valence-corrected chi connectivity index (χ4v) is 20.3. The quantitative estimate of drug-likeness (QED) is 0.0980. The first kappa shape index (κ1) is 78.3. The van der Waals surface area contributed by atoms with E-state index in [2.05, 4.69) is 489 Å². The lowest BCUT2D eigenvalue weighted by Gasteiger charge is -2.26. The van der Waals surface area contributed by atoms with E-state index in [4.69, 9.17) is 4.42 Å². The lowest BCUT2D eigenvalue weighted by Crippen LogP contribution is -2.13. The molecule has 130 heavy (non-hydrogen) atoms. The molecule has 0 amide bonds. The van der Waals surface area contributed by atoms with E-state index >= 15 is 0 Å². The van der Waals surface area contributed by atoms with Gasteiger partial charge in [-0.15, -0.1) is 0 Å². The van der Waals surface area contributed by atoms with Gasteiger partial charge < -0.3 is 33.1 Å². The average molecular weight is 1670 g/mol. The van der Waals surface area contributed by atoms with Crippen LogP contribution in [0, 0.1) is 0 Å². The van der Waals surface area contributed by atoms with Crippen LogP contribution >= 0.6 is 0 Å². The van der Waals surface area contributed by atoms with E-state index in [1.165, 1.54) is 137 Å². The average Bonchev–Trinajstić information content (AvgIpc) is 1.54. The van der Waals surface area contributed by atoms with Crippen molar-refractivity contribution in [2.24, 2.45) is 0 Å². The van der Waals surface area contributed by atoms with Crippen LogP contribution in [-0.4, -0.2) is 13.5 Å². The van der Waals surface area contributed by atoms with Crippen LogP contribution < -0.4 is 15.1 Å². The Morgan fingerprint density at radius 1 is 0.354 bits per heavy atom. The van der Waals surface area contributed by atoms with Gasteiger partial charge in [-0.05, 0) is 275 Å². The van der Waals surface area contributed by atoms with Crippen LogP contribution in [0.15, 0.2) is 465 Å². The van der Waals surface area contributed by atoms with E-state index in [-0.39, 0.29) is 5.41 Å². The number of fused-ring (bicyclic) bond motifs is 22. The summed E-state index contributed by atoms with van der Waals surface area (Å²) in [5.74, 6) is 0. The Hall–Kier alpha value is -16.5. The Labute approximate surface area is 756 Å². The number of hydrogen-bond acceptors (Lipinski definition) is 4. The molecule has 0 radical (unpaired) electrons. The van der Waals surface area contributed by atoms with E-state index in [9.17, 15) is 0 Å². The smallest absolute Gasteiger partial charge is 0.136 e. The highest BCUT2D eigenvalue weighted by atomic mass is 16.3. The van der Waals surface area contributed by atoms with Crippen molar-refractivity contribution < 1.29 is 4.42 Å². The molecule has 0 saturated heterocycles. The maximum atomic E-state index is 6.26. The number of furan rings is 1. The number of nitrogens with zero attached hydrogens (tertiary/aromatic N) is 5. The largest absolute Gasteiger partial charge is 0.456 e. The molecule has 22 aromatic rings. The van der Waals surface area contributed by atoms with Crippen molar-refractivity contribution in [3.05, 3.63) is 477 Å². The van der Waals surface area contributed by atoms with E-state index < -0.39 is 0 Å². The molecule has 1 N–H and O–H groups in total. The first-order valence-corrected chi connectivity index (χ1v) is 44.9. The van der Waals surface area contributed by atoms with Gasteiger partial charge in [-0.2, -0.15) is 0 Å². The van der Waals surface area contributed by atoms with E-state index in [0.717, 1.165) is 107 Å². The second kappa shape index (κ2) is 32.2. The SMILES string of the molecule is C=C/C(=C\C=C\N(/C(C)=C/C=C(C)/C(C)=C/C=C1\CC(C)(C)c2ccccc21)c1ccc(-n2c3ccccc3c3ccccc32)cc1)c1ccc2c(c1)c1cccc3c4ccccc4n2c31.c1cc2cc(c1)-c1cc(-c3ccc(N(c4ccc(-c5ccc6c(c5)oc5ccccc56)cc4)c4ccc(-n5c6ccccc6c6ccccc65)cc4)cc3)ccc1Nc1ccccc1-2. The number of benzene rings is 17. The summed E-state index contributed by atoms with van der Waals surface area (Å²) in [6, 6.07) is 140. The molecular weight excluding hydrogens is 1580 g/mol. The zero-order chi connectivity index (χ0) is 87.2. The molecule has 1 aliphatic heterocycles. The fourth-order valence-electron chi connectivity index (χ4n) is 20.3. The highest BCUT2D eigenvalue weighted by molar-refractivity contribution is 6.24. The number of aromatic nitrogens is 3. The number of para-hydroxylation sites is 8. The Balaban J connectivity index is 0.000000148. The van der Waals surface area contributed by atoms with Gasteiger partial charge in [0.25, 0.3) is 0 Å². The van der Waals surface area contributed by atoms with Crippen LogP contribution in [0.25, 0.3) is 171 Å². The normalized spacial score (nSPS) is 13.7. The minimum atomic E-state index is 0.147. The van der Waals surface area contributed by atoms with Gasteiger partial charge in [-0.1, -0.05) is 281 Å². The molecule has 2 aliphatic rings. The molecule has 0 atom stereocenters. The molecule has 17 aromatic carbocycles. The summed E-state index contributed by atoms with van der Waals surface area (Å²) in [6.07, 6.45) is 18.6. The summed E-state index contributed by atoms with van der Waals surface area (Å²) < 4.78 is 13.4. The molecular formula is C123H92N6O. The lowest BCUT2D eigenvalue weighted by atomic mass is 9.86. The summed E-state index contributed by atoms with van der Waals surface area (Å²) in [6.45, 7) is 15.6. The molecule has 7 nitrogen and oxygen atoms in total. The number of allylic oxidation sites excluding steroid dienone is 12. The monoisotopic (exact) mass is 1670 g/mol. The Morgan fingerprint density at radius 3 is 1.45 bits per heavy atom. The maximum Gasteiger partial charge on any atom is 0.136 e. The molecule has 5 aromatic heterocycles. The van der Waals surface area contributed by atoms with Gasteiger partial charge >= 0.3 is 0 Å². The van der Waals surface area contributed by atoms with E-state index in [1.54, 1.807) is 0 Å². The molecule has 0 fully saturated rings. The summed E-state index contributed by atoms with van der Waals surface area (Å²) in [7, 11) is 0. The topological polar surface area (TPSA) is 45.9 Å². The first-order valence-electron chi connectivity index (χ1n) is 44.9. The number of hydrogen-bond donors (Lipinski definition) is 1.